The largest absolute Gasteiger partial charge is 0.322 e. The lowest BCUT2D eigenvalue weighted by Crippen LogP contribution is -2.48. The lowest BCUT2D eigenvalue weighted by Gasteiger charge is -2.31. The summed E-state index contributed by atoms with van der Waals surface area (Å²) >= 11 is 0. The van der Waals surface area contributed by atoms with Gasteiger partial charge in [0, 0.05) is 50.2 Å². The van der Waals surface area contributed by atoms with Crippen LogP contribution < -0.4 is 5.32 Å². The number of hydrogen-bond donors (Lipinski definition) is 1. The highest BCUT2D eigenvalue weighted by Gasteiger charge is 2.18. The summed E-state index contributed by atoms with van der Waals surface area (Å²) in [5.74, 6) is 0. The minimum absolute atomic E-state index is 0.524. The fourth-order valence-corrected chi connectivity index (χ4v) is 2.82. The van der Waals surface area contributed by atoms with Gasteiger partial charge >= 0.3 is 0 Å². The zero-order valence-electron chi connectivity index (χ0n) is 11.1. The first kappa shape index (κ1) is 12.2. The third-order valence-electron chi connectivity index (χ3n) is 3.72. The van der Waals surface area contributed by atoms with Crippen molar-refractivity contribution in [3.8, 4) is 6.07 Å². The van der Waals surface area contributed by atoms with E-state index >= 15 is 0 Å². The van der Waals surface area contributed by atoms with Gasteiger partial charge in [0.25, 0.3) is 0 Å². The number of nitrogens with one attached hydrogen (secondary N) is 1. The van der Waals surface area contributed by atoms with E-state index in [1.165, 1.54) is 0 Å². The highest BCUT2D eigenvalue weighted by atomic mass is 15.2. The van der Waals surface area contributed by atoms with Gasteiger partial charge in [-0.1, -0.05) is 6.07 Å². The van der Waals surface area contributed by atoms with Crippen molar-refractivity contribution < 1.29 is 0 Å². The topological polar surface area (TPSA) is 43.5 Å². The number of aromatic nitrogens is 1. The summed E-state index contributed by atoms with van der Waals surface area (Å²) in [4.78, 5) is 2.41. The van der Waals surface area contributed by atoms with Crippen molar-refractivity contribution in [2.75, 3.05) is 19.6 Å². The molecule has 1 aliphatic heterocycles. The van der Waals surface area contributed by atoms with Gasteiger partial charge < -0.3 is 9.72 Å². The second-order valence-corrected chi connectivity index (χ2v) is 5.22. The number of fused-ring (bicyclic) bond motifs is 1. The summed E-state index contributed by atoms with van der Waals surface area (Å²) in [6.07, 6.45) is 4.08. The Morgan fingerprint density at radius 3 is 3.16 bits per heavy atom. The average Bonchev–Trinajstić information content (AvgIpc) is 2.75. The van der Waals surface area contributed by atoms with E-state index in [-0.39, 0.29) is 0 Å². The minimum atomic E-state index is 0.524. The molecule has 1 saturated heterocycles. The van der Waals surface area contributed by atoms with Crippen molar-refractivity contribution in [2.45, 2.75) is 19.5 Å². The predicted molar refractivity (Wildman–Crippen MR) is 74.9 cm³/mol. The van der Waals surface area contributed by atoms with Crippen LogP contribution in [0.3, 0.4) is 0 Å². The fourth-order valence-electron chi connectivity index (χ4n) is 2.82. The summed E-state index contributed by atoms with van der Waals surface area (Å²) in [6.45, 7) is 6.17. The van der Waals surface area contributed by atoms with E-state index in [9.17, 15) is 5.26 Å². The number of nitrogens with zero attached hydrogens (tertiary/aromatic N) is 3. The van der Waals surface area contributed by atoms with Gasteiger partial charge in [-0.2, -0.15) is 5.26 Å². The van der Waals surface area contributed by atoms with E-state index in [0.29, 0.717) is 6.04 Å². The van der Waals surface area contributed by atoms with Crippen LogP contribution in [0.1, 0.15) is 18.1 Å². The molecule has 0 spiro atoms. The maximum absolute atomic E-state index is 9.39. The smallest absolute Gasteiger partial charge is 0.102 e. The van der Waals surface area contributed by atoms with E-state index < -0.39 is 0 Å². The Kier molecular flexibility index (Phi) is 3.24. The summed E-state index contributed by atoms with van der Waals surface area (Å²) in [5.41, 5.74) is 2.94. The predicted octanol–water partition coefficient (Wildman–Crippen LogP) is 1.60. The molecule has 0 radical (unpaired) electrons. The molecule has 3 heterocycles. The molecule has 98 valence electrons. The number of rotatable bonds is 2. The van der Waals surface area contributed by atoms with Crippen LogP contribution in [0.2, 0.25) is 0 Å². The van der Waals surface area contributed by atoms with Crippen LogP contribution in [0, 0.1) is 11.3 Å². The van der Waals surface area contributed by atoms with Gasteiger partial charge in [-0.05, 0) is 19.1 Å². The Bertz CT molecular complexity index is 623. The van der Waals surface area contributed by atoms with Gasteiger partial charge in [-0.3, -0.25) is 4.90 Å². The van der Waals surface area contributed by atoms with Gasteiger partial charge in [-0.15, -0.1) is 0 Å². The second kappa shape index (κ2) is 5.04. The number of piperazine rings is 1. The molecule has 0 unspecified atom stereocenters. The van der Waals surface area contributed by atoms with Crippen molar-refractivity contribution in [3.63, 3.8) is 0 Å². The highest BCUT2D eigenvalue weighted by molar-refractivity contribution is 5.65. The fraction of sp³-hybridized carbons (Fsp3) is 0.400. The molecule has 0 aromatic carbocycles. The molecule has 0 bridgehead atoms. The Hall–Kier alpha value is -1.83. The van der Waals surface area contributed by atoms with Crippen LogP contribution in [0.4, 0.5) is 0 Å². The van der Waals surface area contributed by atoms with Gasteiger partial charge in [0.1, 0.15) is 6.07 Å². The number of pyridine rings is 1. The monoisotopic (exact) mass is 254 g/mol. The molecule has 4 heteroatoms. The molecule has 3 rings (SSSR count). The van der Waals surface area contributed by atoms with Crippen LogP contribution in [0.5, 0.6) is 0 Å². The molecule has 2 aromatic rings. The molecule has 1 N–H and O–H groups in total. The van der Waals surface area contributed by atoms with E-state index in [4.69, 9.17) is 0 Å². The van der Waals surface area contributed by atoms with Crippen LogP contribution in [-0.4, -0.2) is 35.0 Å². The van der Waals surface area contributed by atoms with E-state index in [1.54, 1.807) is 0 Å². The number of hydrogen-bond acceptors (Lipinski definition) is 3. The van der Waals surface area contributed by atoms with Crippen molar-refractivity contribution >= 4 is 5.52 Å². The van der Waals surface area contributed by atoms with Crippen molar-refractivity contribution in [1.29, 1.82) is 5.26 Å². The zero-order chi connectivity index (χ0) is 13.2. The molecular weight excluding hydrogens is 236 g/mol. The third kappa shape index (κ3) is 2.35. The van der Waals surface area contributed by atoms with Gasteiger partial charge in [0.05, 0.1) is 11.1 Å². The van der Waals surface area contributed by atoms with Gasteiger partial charge in [-0.25, -0.2) is 0 Å². The Morgan fingerprint density at radius 2 is 2.37 bits per heavy atom. The van der Waals surface area contributed by atoms with Crippen molar-refractivity contribution in [1.82, 2.24) is 14.6 Å². The quantitative estimate of drug-likeness (QED) is 0.885. The lowest BCUT2D eigenvalue weighted by atomic mass is 10.1. The first-order chi connectivity index (χ1) is 9.28. The Morgan fingerprint density at radius 1 is 1.47 bits per heavy atom. The molecule has 2 aromatic heterocycles. The number of nitriles is 1. The standard InChI is InChI=1S/C15H18N4/c1-12-9-18(7-5-17-12)10-13-11-19-6-3-2-4-15(19)14(13)8-16/h2-4,6,11-12,17H,5,7,9-10H2,1H3/t12-/m0/s1. The van der Waals surface area contributed by atoms with Crippen LogP contribution in [-0.2, 0) is 6.54 Å². The molecular formula is C15H18N4. The maximum atomic E-state index is 9.39. The summed E-state index contributed by atoms with van der Waals surface area (Å²) in [6, 6.07) is 8.85. The molecule has 0 saturated carbocycles. The van der Waals surface area contributed by atoms with E-state index in [2.05, 4.69) is 29.4 Å². The van der Waals surface area contributed by atoms with Crippen LogP contribution in [0.15, 0.2) is 30.6 Å². The minimum Gasteiger partial charge on any atom is -0.322 e. The van der Waals surface area contributed by atoms with Gasteiger partial charge in [0.2, 0.25) is 0 Å². The molecule has 4 nitrogen and oxygen atoms in total. The second-order valence-electron chi connectivity index (χ2n) is 5.22. The average molecular weight is 254 g/mol. The Labute approximate surface area is 113 Å². The van der Waals surface area contributed by atoms with Crippen LogP contribution in [0.25, 0.3) is 5.52 Å². The molecule has 0 aliphatic carbocycles. The highest BCUT2D eigenvalue weighted by Crippen LogP contribution is 2.19. The summed E-state index contributed by atoms with van der Waals surface area (Å²) in [7, 11) is 0. The Balaban J connectivity index is 1.90. The van der Waals surface area contributed by atoms with Crippen LogP contribution >= 0.6 is 0 Å². The van der Waals surface area contributed by atoms with Gasteiger partial charge in [0.15, 0.2) is 0 Å². The first-order valence-electron chi connectivity index (χ1n) is 6.72. The lowest BCUT2D eigenvalue weighted by molar-refractivity contribution is 0.199. The maximum Gasteiger partial charge on any atom is 0.102 e. The normalized spacial score (nSPS) is 20.5. The molecule has 19 heavy (non-hydrogen) atoms. The molecule has 1 aliphatic rings. The molecule has 1 fully saturated rings. The van der Waals surface area contributed by atoms with E-state index in [1.807, 2.05) is 28.8 Å². The van der Waals surface area contributed by atoms with E-state index in [0.717, 1.165) is 42.8 Å². The first-order valence-corrected chi connectivity index (χ1v) is 6.72. The summed E-state index contributed by atoms with van der Waals surface area (Å²) < 4.78 is 2.04. The van der Waals surface area contributed by atoms with Crippen molar-refractivity contribution in [2.24, 2.45) is 0 Å². The van der Waals surface area contributed by atoms with Crippen molar-refractivity contribution in [3.05, 3.63) is 41.7 Å². The third-order valence-corrected chi connectivity index (χ3v) is 3.72. The molecule has 1 atom stereocenters. The molecule has 0 amide bonds. The SMILES string of the molecule is C[C@H]1CN(Cc2cn3ccccc3c2C#N)CCN1. The summed E-state index contributed by atoms with van der Waals surface area (Å²) in [5, 5.41) is 12.8. The zero-order valence-corrected chi connectivity index (χ0v) is 11.1.